The van der Waals surface area contributed by atoms with Crippen LogP contribution < -0.4 is 115 Å². The molecule has 9 heavy (non-hydrogen) atoms. The summed E-state index contributed by atoms with van der Waals surface area (Å²) in [4.78, 5) is 0. The van der Waals surface area contributed by atoms with Crippen molar-refractivity contribution in [1.29, 1.82) is 0 Å². The van der Waals surface area contributed by atoms with Crippen LogP contribution in [0.2, 0.25) is 0 Å². The first-order valence-corrected chi connectivity index (χ1v) is 2.00. The molecule has 0 spiro atoms. The van der Waals surface area contributed by atoms with Crippen molar-refractivity contribution in [3.63, 3.8) is 0 Å². The summed E-state index contributed by atoms with van der Waals surface area (Å²) in [6, 6.07) is 0. The zero-order chi connectivity index (χ0) is 4.50. The summed E-state index contributed by atoms with van der Waals surface area (Å²) < 4.78 is 34.1. The molecule has 0 bridgehead atoms. The van der Waals surface area contributed by atoms with Crippen LogP contribution >= 0.6 is 0 Å². The molecule has 6 N–H and O–H groups in total. The zero-order valence-corrected chi connectivity index (χ0v) is 12.5. The first-order chi connectivity index (χ1) is 2.00. The van der Waals surface area contributed by atoms with E-state index in [1.165, 1.54) is 0 Å². The molecule has 0 saturated heterocycles. The third kappa shape index (κ3) is 96.9. The summed E-state index contributed by atoms with van der Waals surface area (Å²) in [5, 5.41) is 0. The van der Waals surface area contributed by atoms with Crippen molar-refractivity contribution in [3.8, 4) is 0 Å². The Balaban J connectivity index is -0.0000000133. The summed E-state index contributed by atoms with van der Waals surface area (Å²) >= 11 is 0. The Morgan fingerprint density at radius 2 is 0.889 bits per heavy atom. The Hall–Kier alpha value is 3.06. The maximum Gasteiger partial charge on any atom is 1.00 e. The molecular weight excluding hydrogens is 202 g/mol. The van der Waals surface area contributed by atoms with Crippen LogP contribution in [0.3, 0.4) is 0 Å². The van der Waals surface area contributed by atoms with Gasteiger partial charge in [0.05, 0.1) is 0 Å². The largest absolute Gasteiger partial charge is 1.00 e. The second-order valence-electron chi connectivity index (χ2n) is 0.408. The number of hydrogen-bond acceptors (Lipinski definition) is 6. The van der Waals surface area contributed by atoms with E-state index in [4.69, 9.17) is 17.5 Å². The normalized spacial score (nSPS) is 6.44. The van der Waals surface area contributed by atoms with Gasteiger partial charge in [-0.3, -0.25) is 8.42 Å². The third-order valence-corrected chi connectivity index (χ3v) is 0. The number of rotatable bonds is 0. The molecule has 0 aliphatic carbocycles. The average Bonchev–Trinajstić information content (AvgIpc) is 0.722. The first-order valence-electron chi connectivity index (χ1n) is 0.667. The molecule has 0 saturated carbocycles. The predicted octanol–water partition coefficient (Wildman–Crippen LogP) is -7.01. The molecule has 0 aliphatic rings. The topological polar surface area (TPSA) is 150 Å². The zero-order valence-electron chi connectivity index (χ0n) is 5.46. The smallest absolute Gasteiger partial charge is 0.759 e. The molecule has 0 fully saturated rings. The van der Waals surface area contributed by atoms with Crippen molar-refractivity contribution in [2.75, 3.05) is 0 Å². The van der Waals surface area contributed by atoms with Gasteiger partial charge in [0.2, 0.25) is 0 Å². The van der Waals surface area contributed by atoms with Crippen molar-refractivity contribution in [2.45, 2.75) is 0 Å². The molecule has 9 heteroatoms. The van der Waals surface area contributed by atoms with Gasteiger partial charge >= 0.3 is 103 Å². The van der Waals surface area contributed by atoms with Crippen LogP contribution in [0.4, 0.5) is 0 Å². The Morgan fingerprint density at radius 3 is 0.889 bits per heavy atom. The van der Waals surface area contributed by atoms with Gasteiger partial charge in [-0.05, 0) is 0 Å². The van der Waals surface area contributed by atoms with E-state index in [0.29, 0.717) is 0 Å². The van der Waals surface area contributed by atoms with Crippen molar-refractivity contribution in [1.82, 2.24) is 12.3 Å². The molecule has 0 radical (unpaired) electrons. The van der Waals surface area contributed by atoms with Gasteiger partial charge in [-0.2, -0.15) is 0 Å². The fraction of sp³-hybridized carbons (Fsp3) is 0. The van der Waals surface area contributed by atoms with E-state index in [1.54, 1.807) is 0 Å². The minimum absolute atomic E-state index is 0. The molecule has 0 rings (SSSR count). The van der Waals surface area contributed by atoms with E-state index in [1.807, 2.05) is 0 Å². The van der Waals surface area contributed by atoms with Crippen LogP contribution in [-0.4, -0.2) is 17.5 Å². The molecule has 0 aromatic carbocycles. The van der Waals surface area contributed by atoms with Gasteiger partial charge < -0.3 is 21.4 Å². The quantitative estimate of drug-likeness (QED) is 0.229. The van der Waals surface area contributed by atoms with Crippen LogP contribution in [-0.2, 0) is 10.4 Å². The van der Waals surface area contributed by atoms with Gasteiger partial charge in [0, 0.05) is 10.4 Å². The summed E-state index contributed by atoms with van der Waals surface area (Å²) in [6.07, 6.45) is 0. The van der Waals surface area contributed by atoms with Gasteiger partial charge in [-0.25, -0.2) is 0 Å². The van der Waals surface area contributed by atoms with Crippen LogP contribution in [0.15, 0.2) is 0 Å². The standard InChI is InChI=1S/2K.2H3N.H2O4S/c;;;;1-5(2,3)4/h;;2*1H3;(H2,1,2,3,4)/q2*+1;;;/p-2. The van der Waals surface area contributed by atoms with E-state index in [-0.39, 0.29) is 115 Å². The molecule has 48 valence electrons. The fourth-order valence-electron chi connectivity index (χ4n) is 0. The van der Waals surface area contributed by atoms with E-state index in [9.17, 15) is 0 Å². The van der Waals surface area contributed by atoms with Crippen LogP contribution in [0.25, 0.3) is 0 Å². The van der Waals surface area contributed by atoms with Crippen LogP contribution in [0, 0.1) is 0 Å². The summed E-state index contributed by atoms with van der Waals surface area (Å²) in [7, 11) is -5.17. The minimum Gasteiger partial charge on any atom is -0.759 e. The Morgan fingerprint density at radius 1 is 0.889 bits per heavy atom. The van der Waals surface area contributed by atoms with Crippen LogP contribution in [0.5, 0.6) is 0 Å². The SMILES string of the molecule is N.N.O=S(=O)([O-])[O-].[K+].[K+]. The molecule has 0 aromatic heterocycles. The predicted molar refractivity (Wildman–Crippen MR) is 20.5 cm³/mol. The minimum atomic E-state index is -5.17. The summed E-state index contributed by atoms with van der Waals surface area (Å²) in [5.41, 5.74) is 0. The molecule has 0 heterocycles. The van der Waals surface area contributed by atoms with Gasteiger partial charge in [0.25, 0.3) is 0 Å². The maximum absolute atomic E-state index is 8.52. The van der Waals surface area contributed by atoms with Crippen molar-refractivity contribution in [2.24, 2.45) is 0 Å². The third-order valence-electron chi connectivity index (χ3n) is 0. The maximum atomic E-state index is 8.52. The van der Waals surface area contributed by atoms with Crippen LogP contribution in [0.1, 0.15) is 0 Å². The Kier molecular flexibility index (Phi) is 44.8. The Labute approximate surface area is 139 Å². The second-order valence-corrected chi connectivity index (χ2v) is 1.22. The van der Waals surface area contributed by atoms with Crippen molar-refractivity contribution in [3.05, 3.63) is 0 Å². The number of hydrogen-bond donors (Lipinski definition) is 2. The monoisotopic (exact) mass is 208 g/mol. The van der Waals surface area contributed by atoms with E-state index < -0.39 is 10.4 Å². The molecule has 0 aliphatic heterocycles. The molecule has 6 nitrogen and oxygen atoms in total. The van der Waals surface area contributed by atoms with E-state index in [0.717, 1.165) is 0 Å². The molecule has 0 atom stereocenters. The Bertz CT molecular complexity index is 99.7. The molecule has 0 unspecified atom stereocenters. The van der Waals surface area contributed by atoms with Gasteiger partial charge in [0.15, 0.2) is 0 Å². The van der Waals surface area contributed by atoms with E-state index in [2.05, 4.69) is 0 Å². The second kappa shape index (κ2) is 13.6. The molecule has 0 amide bonds. The average molecular weight is 208 g/mol. The van der Waals surface area contributed by atoms with E-state index >= 15 is 0 Å². The van der Waals surface area contributed by atoms with Crippen molar-refractivity contribution >= 4 is 10.4 Å². The molecule has 0 aromatic rings. The molecular formula is H6K2N2O4S. The van der Waals surface area contributed by atoms with Gasteiger partial charge in [-0.1, -0.05) is 0 Å². The van der Waals surface area contributed by atoms with Gasteiger partial charge in [-0.15, -0.1) is 0 Å². The summed E-state index contributed by atoms with van der Waals surface area (Å²) in [5.74, 6) is 0. The van der Waals surface area contributed by atoms with Gasteiger partial charge in [0.1, 0.15) is 0 Å². The summed E-state index contributed by atoms with van der Waals surface area (Å²) in [6.45, 7) is 0. The fourth-order valence-corrected chi connectivity index (χ4v) is 0. The first kappa shape index (κ1) is 29.6. The van der Waals surface area contributed by atoms with Crippen molar-refractivity contribution < 1.29 is 120 Å².